The molecule has 3 rings (SSSR count). The lowest BCUT2D eigenvalue weighted by Crippen LogP contribution is -2.49. The van der Waals surface area contributed by atoms with Crippen LogP contribution in [0.2, 0.25) is 5.02 Å². The second-order valence-corrected chi connectivity index (χ2v) is 8.25. The molecule has 1 heterocycles. The number of rotatable bonds is 4. The summed E-state index contributed by atoms with van der Waals surface area (Å²) in [5.41, 5.74) is -9.16. The van der Waals surface area contributed by atoms with Gasteiger partial charge in [0.2, 0.25) is 5.91 Å². The summed E-state index contributed by atoms with van der Waals surface area (Å²) in [4.78, 5) is 24.3. The zero-order valence-corrected chi connectivity index (χ0v) is 18.3. The maximum absolute atomic E-state index is 14.3. The van der Waals surface area contributed by atoms with Crippen molar-refractivity contribution in [3.05, 3.63) is 63.7 Å². The molecule has 1 saturated heterocycles. The van der Waals surface area contributed by atoms with Crippen LogP contribution in [0.3, 0.4) is 0 Å². The van der Waals surface area contributed by atoms with Crippen LogP contribution in [0.5, 0.6) is 0 Å². The summed E-state index contributed by atoms with van der Waals surface area (Å²) in [5, 5.41) is 10.5. The standard InChI is InChI=1S/C21H14ClF9N2O3/c22-15-8-14(2-1-10(15)9-32-17(35)36)33-4-3-18(16(33)34,21(29,30)31)11-5-12(19(23,24)25)7-13(6-11)20(26,27)28/h1-2,5-8,32H,3-4,9H2,(H,35,36). The average molecular weight is 549 g/mol. The number of hydrogen-bond donors (Lipinski definition) is 2. The topological polar surface area (TPSA) is 69.6 Å². The van der Waals surface area contributed by atoms with Gasteiger partial charge < -0.3 is 15.3 Å². The van der Waals surface area contributed by atoms with Gasteiger partial charge in [-0.25, -0.2) is 4.79 Å². The van der Waals surface area contributed by atoms with Crippen molar-refractivity contribution in [2.75, 3.05) is 11.4 Å². The number of hydrogen-bond acceptors (Lipinski definition) is 2. The Morgan fingerprint density at radius 2 is 1.53 bits per heavy atom. The molecule has 0 radical (unpaired) electrons. The van der Waals surface area contributed by atoms with Gasteiger partial charge in [-0.05, 0) is 47.9 Å². The molecule has 0 spiro atoms. The van der Waals surface area contributed by atoms with Crippen LogP contribution in [-0.4, -0.2) is 29.8 Å². The maximum atomic E-state index is 14.3. The maximum Gasteiger partial charge on any atom is 0.416 e. The first-order chi connectivity index (χ1) is 16.4. The summed E-state index contributed by atoms with van der Waals surface area (Å²) < 4.78 is 123. The number of carboxylic acid groups (broad SMARTS) is 1. The quantitative estimate of drug-likeness (QED) is 0.436. The molecule has 1 unspecified atom stereocenters. The van der Waals surface area contributed by atoms with Crippen LogP contribution in [0.15, 0.2) is 36.4 Å². The molecule has 15 heteroatoms. The smallest absolute Gasteiger partial charge is 0.416 e. The van der Waals surface area contributed by atoms with E-state index in [1.807, 2.05) is 5.32 Å². The van der Waals surface area contributed by atoms with Crippen molar-refractivity contribution in [2.45, 2.75) is 36.9 Å². The summed E-state index contributed by atoms with van der Waals surface area (Å²) >= 11 is 6.02. The van der Waals surface area contributed by atoms with Crippen LogP contribution in [0.4, 0.5) is 50.0 Å². The third-order valence-corrected chi connectivity index (χ3v) is 6.02. The van der Waals surface area contributed by atoms with Gasteiger partial charge >= 0.3 is 24.6 Å². The van der Waals surface area contributed by atoms with E-state index in [9.17, 15) is 49.1 Å². The van der Waals surface area contributed by atoms with E-state index in [0.717, 1.165) is 12.1 Å². The molecule has 0 saturated carbocycles. The first kappa shape index (κ1) is 27.4. The zero-order chi connectivity index (χ0) is 27.3. The number of nitrogens with one attached hydrogen (secondary N) is 1. The van der Waals surface area contributed by atoms with E-state index < -0.39 is 65.6 Å². The minimum absolute atomic E-state index is 0.0994. The summed E-state index contributed by atoms with van der Waals surface area (Å²) in [6.07, 6.45) is -18.9. The lowest BCUT2D eigenvalue weighted by Gasteiger charge is -2.32. The molecule has 2 aromatic carbocycles. The van der Waals surface area contributed by atoms with Crippen LogP contribution in [0.25, 0.3) is 0 Å². The Hall–Kier alpha value is -3.16. The van der Waals surface area contributed by atoms with Gasteiger partial charge in [-0.1, -0.05) is 17.7 Å². The van der Waals surface area contributed by atoms with Crippen molar-refractivity contribution in [3.8, 4) is 0 Å². The zero-order valence-electron chi connectivity index (χ0n) is 17.6. The van der Waals surface area contributed by atoms with Crippen molar-refractivity contribution in [2.24, 2.45) is 0 Å². The van der Waals surface area contributed by atoms with Crippen molar-refractivity contribution in [1.82, 2.24) is 5.32 Å². The van der Waals surface area contributed by atoms with Gasteiger partial charge in [0.25, 0.3) is 0 Å². The van der Waals surface area contributed by atoms with Gasteiger partial charge in [0.1, 0.15) is 0 Å². The van der Waals surface area contributed by atoms with Gasteiger partial charge in [-0.15, -0.1) is 0 Å². The van der Waals surface area contributed by atoms with Crippen LogP contribution < -0.4 is 10.2 Å². The minimum atomic E-state index is -5.55. The Kier molecular flexibility index (Phi) is 6.90. The molecular weight excluding hydrogens is 535 g/mol. The van der Waals surface area contributed by atoms with E-state index in [0.29, 0.717) is 4.90 Å². The highest BCUT2D eigenvalue weighted by atomic mass is 35.5. The van der Waals surface area contributed by atoms with Gasteiger partial charge in [-0.2, -0.15) is 39.5 Å². The average Bonchev–Trinajstić information content (AvgIpc) is 3.09. The van der Waals surface area contributed by atoms with Gasteiger partial charge in [0.15, 0.2) is 5.41 Å². The number of halogens is 10. The van der Waals surface area contributed by atoms with E-state index in [4.69, 9.17) is 16.7 Å². The molecule has 196 valence electrons. The first-order valence-electron chi connectivity index (χ1n) is 9.82. The van der Waals surface area contributed by atoms with Gasteiger partial charge in [0, 0.05) is 23.8 Å². The number of carbonyl (C=O) groups excluding carboxylic acids is 1. The highest BCUT2D eigenvalue weighted by Crippen LogP contribution is 2.51. The van der Waals surface area contributed by atoms with E-state index in [1.165, 1.54) is 6.07 Å². The second-order valence-electron chi connectivity index (χ2n) is 7.84. The van der Waals surface area contributed by atoms with Crippen molar-refractivity contribution in [1.29, 1.82) is 0 Å². The van der Waals surface area contributed by atoms with Crippen molar-refractivity contribution < 1.29 is 54.2 Å². The molecule has 0 aromatic heterocycles. The molecule has 1 aliphatic rings. The molecule has 36 heavy (non-hydrogen) atoms. The Balaban J connectivity index is 2.12. The fourth-order valence-corrected chi connectivity index (χ4v) is 4.12. The van der Waals surface area contributed by atoms with Crippen LogP contribution in [-0.2, 0) is 29.1 Å². The summed E-state index contributed by atoms with van der Waals surface area (Å²) in [7, 11) is 0. The number of anilines is 1. The monoisotopic (exact) mass is 548 g/mol. The highest BCUT2D eigenvalue weighted by molar-refractivity contribution is 6.31. The molecule has 0 aliphatic carbocycles. The molecular formula is C21H14ClF9N2O3. The molecule has 1 atom stereocenters. The lowest BCUT2D eigenvalue weighted by atomic mass is 9.77. The Labute approximate surface area is 201 Å². The number of nitrogens with zero attached hydrogens (tertiary/aromatic N) is 1. The fourth-order valence-electron chi connectivity index (χ4n) is 3.88. The molecule has 2 aromatic rings. The largest absolute Gasteiger partial charge is 0.465 e. The summed E-state index contributed by atoms with van der Waals surface area (Å²) in [5.74, 6) is -1.78. The molecule has 2 N–H and O–H groups in total. The molecule has 5 nitrogen and oxygen atoms in total. The number of amides is 2. The predicted octanol–water partition coefficient (Wildman–Crippen LogP) is 6.38. The summed E-state index contributed by atoms with van der Waals surface area (Å²) in [6.45, 7) is -0.974. The van der Waals surface area contributed by atoms with Crippen LogP contribution in [0, 0.1) is 0 Å². The second kappa shape index (κ2) is 9.05. The molecule has 2 amide bonds. The Morgan fingerprint density at radius 3 is 1.97 bits per heavy atom. The molecule has 0 bridgehead atoms. The molecule has 1 fully saturated rings. The minimum Gasteiger partial charge on any atom is -0.465 e. The fraction of sp³-hybridized carbons (Fsp3) is 0.333. The normalized spacial score (nSPS) is 19.1. The van der Waals surface area contributed by atoms with Crippen molar-refractivity contribution >= 4 is 29.3 Å². The van der Waals surface area contributed by atoms with E-state index in [2.05, 4.69) is 0 Å². The highest BCUT2D eigenvalue weighted by Gasteiger charge is 2.66. The van der Waals surface area contributed by atoms with Crippen LogP contribution >= 0.6 is 11.6 Å². The number of benzene rings is 2. The van der Waals surface area contributed by atoms with Crippen molar-refractivity contribution in [3.63, 3.8) is 0 Å². The third-order valence-electron chi connectivity index (χ3n) is 5.66. The molecule has 1 aliphatic heterocycles. The van der Waals surface area contributed by atoms with Crippen LogP contribution in [0.1, 0.15) is 28.7 Å². The van der Waals surface area contributed by atoms with E-state index >= 15 is 0 Å². The third kappa shape index (κ3) is 5.04. The van der Waals surface area contributed by atoms with E-state index in [1.54, 1.807) is 0 Å². The first-order valence-corrected chi connectivity index (χ1v) is 10.2. The van der Waals surface area contributed by atoms with Gasteiger partial charge in [-0.3, -0.25) is 4.79 Å². The van der Waals surface area contributed by atoms with Gasteiger partial charge in [0.05, 0.1) is 11.1 Å². The SMILES string of the molecule is O=C(O)NCc1ccc(N2CCC(c3cc(C(F)(F)F)cc(C(F)(F)F)c3)(C(F)(F)F)C2=O)cc1Cl. The predicted molar refractivity (Wildman–Crippen MR) is 107 cm³/mol. The Morgan fingerprint density at radius 1 is 0.972 bits per heavy atom. The lowest BCUT2D eigenvalue weighted by molar-refractivity contribution is -0.191. The Bertz CT molecular complexity index is 1160. The van der Waals surface area contributed by atoms with E-state index in [-0.39, 0.29) is 41.0 Å². The number of alkyl halides is 9. The number of carbonyl (C=O) groups is 2. The summed E-state index contributed by atoms with van der Waals surface area (Å²) in [6, 6.07) is 2.85.